The molecule has 2 aliphatic rings. The van der Waals surface area contributed by atoms with Gasteiger partial charge in [0.05, 0.1) is 5.60 Å². The Morgan fingerprint density at radius 2 is 2.06 bits per heavy atom. The molecule has 2 fully saturated rings. The standard InChI is InChI=1S/C15H29NO/c1-11(5-4-8-15(2,3)17)16-14-10-12-6-7-13(14)9-12/h11-14,16-17H,4-10H2,1-3H3/t11-,12-,13-,14+/m0/s1. The molecule has 2 aliphatic carbocycles. The van der Waals surface area contributed by atoms with E-state index in [0.29, 0.717) is 6.04 Å². The van der Waals surface area contributed by atoms with Crippen LogP contribution < -0.4 is 5.32 Å². The van der Waals surface area contributed by atoms with Gasteiger partial charge in [0, 0.05) is 12.1 Å². The smallest absolute Gasteiger partial charge is 0.0591 e. The fourth-order valence-corrected chi connectivity index (χ4v) is 3.74. The van der Waals surface area contributed by atoms with E-state index < -0.39 is 5.60 Å². The number of rotatable bonds is 6. The van der Waals surface area contributed by atoms with Crippen molar-refractivity contribution in [3.8, 4) is 0 Å². The summed E-state index contributed by atoms with van der Waals surface area (Å²) in [7, 11) is 0. The van der Waals surface area contributed by atoms with Crippen LogP contribution in [0.2, 0.25) is 0 Å². The van der Waals surface area contributed by atoms with Crippen molar-refractivity contribution < 1.29 is 5.11 Å². The highest BCUT2D eigenvalue weighted by Gasteiger charge is 2.39. The van der Waals surface area contributed by atoms with Crippen molar-refractivity contribution in [2.75, 3.05) is 0 Å². The molecule has 100 valence electrons. The number of nitrogens with one attached hydrogen (secondary N) is 1. The first kappa shape index (κ1) is 13.4. The molecule has 0 aromatic rings. The summed E-state index contributed by atoms with van der Waals surface area (Å²) < 4.78 is 0. The van der Waals surface area contributed by atoms with Crippen molar-refractivity contribution in [1.29, 1.82) is 0 Å². The highest BCUT2D eigenvalue weighted by atomic mass is 16.3. The Labute approximate surface area is 106 Å². The lowest BCUT2D eigenvalue weighted by Crippen LogP contribution is -2.40. The van der Waals surface area contributed by atoms with Crippen molar-refractivity contribution in [2.24, 2.45) is 11.8 Å². The Bertz CT molecular complexity index is 246. The zero-order valence-corrected chi connectivity index (χ0v) is 11.7. The summed E-state index contributed by atoms with van der Waals surface area (Å²) in [6, 6.07) is 1.41. The quantitative estimate of drug-likeness (QED) is 0.746. The highest BCUT2D eigenvalue weighted by molar-refractivity contribution is 4.94. The van der Waals surface area contributed by atoms with E-state index in [1.54, 1.807) is 0 Å². The first-order valence-corrected chi connectivity index (χ1v) is 7.42. The molecule has 2 heteroatoms. The molecule has 2 bridgehead atoms. The molecule has 2 rings (SSSR count). The molecule has 0 spiro atoms. The van der Waals surface area contributed by atoms with Gasteiger partial charge in [-0.25, -0.2) is 0 Å². The summed E-state index contributed by atoms with van der Waals surface area (Å²) in [5.74, 6) is 2.00. The normalized spacial score (nSPS) is 34.2. The van der Waals surface area contributed by atoms with Crippen LogP contribution in [0.5, 0.6) is 0 Å². The number of fused-ring (bicyclic) bond motifs is 2. The maximum absolute atomic E-state index is 9.68. The highest BCUT2D eigenvalue weighted by Crippen LogP contribution is 2.44. The van der Waals surface area contributed by atoms with E-state index >= 15 is 0 Å². The Morgan fingerprint density at radius 3 is 2.59 bits per heavy atom. The summed E-state index contributed by atoms with van der Waals surface area (Å²) in [6.45, 7) is 6.11. The average molecular weight is 239 g/mol. The van der Waals surface area contributed by atoms with E-state index in [1.165, 1.54) is 32.1 Å². The average Bonchev–Trinajstić information content (AvgIpc) is 2.76. The Kier molecular flexibility index (Phi) is 4.14. The molecule has 0 heterocycles. The van der Waals surface area contributed by atoms with Gasteiger partial charge in [0.1, 0.15) is 0 Å². The van der Waals surface area contributed by atoms with Gasteiger partial charge in [-0.05, 0) is 71.1 Å². The lowest BCUT2D eigenvalue weighted by atomic mass is 9.94. The molecule has 0 saturated heterocycles. The van der Waals surface area contributed by atoms with E-state index in [1.807, 2.05) is 13.8 Å². The van der Waals surface area contributed by atoms with E-state index in [0.717, 1.165) is 30.7 Å². The molecule has 2 N–H and O–H groups in total. The molecule has 4 atom stereocenters. The van der Waals surface area contributed by atoms with Crippen LogP contribution in [0.25, 0.3) is 0 Å². The van der Waals surface area contributed by atoms with Crippen molar-refractivity contribution in [1.82, 2.24) is 5.32 Å². The van der Waals surface area contributed by atoms with Crippen molar-refractivity contribution in [3.05, 3.63) is 0 Å². The third-order valence-corrected chi connectivity index (χ3v) is 4.66. The minimum Gasteiger partial charge on any atom is -0.390 e. The lowest BCUT2D eigenvalue weighted by molar-refractivity contribution is 0.0673. The van der Waals surface area contributed by atoms with Crippen molar-refractivity contribution in [3.63, 3.8) is 0 Å². The largest absolute Gasteiger partial charge is 0.390 e. The number of hydrogen-bond donors (Lipinski definition) is 2. The second-order valence-corrected chi connectivity index (χ2v) is 7.05. The number of hydrogen-bond acceptors (Lipinski definition) is 2. The summed E-state index contributed by atoms with van der Waals surface area (Å²) in [5.41, 5.74) is -0.494. The Balaban J connectivity index is 1.63. The molecule has 2 saturated carbocycles. The van der Waals surface area contributed by atoms with Gasteiger partial charge in [-0.15, -0.1) is 0 Å². The van der Waals surface area contributed by atoms with Gasteiger partial charge in [-0.2, -0.15) is 0 Å². The summed E-state index contributed by atoms with van der Waals surface area (Å²) in [5, 5.41) is 13.5. The van der Waals surface area contributed by atoms with Crippen LogP contribution in [0.3, 0.4) is 0 Å². The SMILES string of the molecule is C[C@@H](CCCC(C)(C)O)N[C@@H]1C[C@H]2CC[C@H]1C2. The molecule has 0 aliphatic heterocycles. The van der Waals surface area contributed by atoms with E-state index in [4.69, 9.17) is 0 Å². The maximum Gasteiger partial charge on any atom is 0.0591 e. The molecule has 0 aromatic carbocycles. The summed E-state index contributed by atoms with van der Waals surface area (Å²) in [6.07, 6.45) is 9.06. The first-order chi connectivity index (χ1) is 7.94. The van der Waals surface area contributed by atoms with Gasteiger partial charge in [-0.3, -0.25) is 0 Å². The number of aliphatic hydroxyl groups is 1. The third kappa shape index (κ3) is 3.96. The van der Waals surface area contributed by atoms with E-state index in [9.17, 15) is 5.11 Å². The van der Waals surface area contributed by atoms with Gasteiger partial charge in [-0.1, -0.05) is 6.42 Å². The van der Waals surface area contributed by atoms with Gasteiger partial charge in [0.2, 0.25) is 0 Å². The van der Waals surface area contributed by atoms with E-state index in [-0.39, 0.29) is 0 Å². The molecular formula is C15H29NO. The second-order valence-electron chi connectivity index (χ2n) is 7.05. The topological polar surface area (TPSA) is 32.3 Å². The Hall–Kier alpha value is -0.0800. The zero-order valence-electron chi connectivity index (χ0n) is 11.7. The van der Waals surface area contributed by atoms with Crippen LogP contribution >= 0.6 is 0 Å². The van der Waals surface area contributed by atoms with Crippen LogP contribution in [-0.4, -0.2) is 22.8 Å². The predicted octanol–water partition coefficient (Wildman–Crippen LogP) is 3.09. The molecule has 0 aromatic heterocycles. The third-order valence-electron chi connectivity index (χ3n) is 4.66. The minimum atomic E-state index is -0.494. The van der Waals surface area contributed by atoms with E-state index in [2.05, 4.69) is 12.2 Å². The molecule has 2 nitrogen and oxygen atoms in total. The zero-order chi connectivity index (χ0) is 12.5. The van der Waals surface area contributed by atoms with Gasteiger partial charge in [0.15, 0.2) is 0 Å². The molecule has 17 heavy (non-hydrogen) atoms. The van der Waals surface area contributed by atoms with Crippen LogP contribution in [0.1, 0.15) is 65.7 Å². The lowest BCUT2D eigenvalue weighted by Gasteiger charge is -2.27. The molecule has 0 unspecified atom stereocenters. The first-order valence-electron chi connectivity index (χ1n) is 7.42. The molecule has 0 amide bonds. The van der Waals surface area contributed by atoms with Crippen molar-refractivity contribution in [2.45, 2.75) is 83.4 Å². The summed E-state index contributed by atoms with van der Waals surface area (Å²) >= 11 is 0. The maximum atomic E-state index is 9.68. The second kappa shape index (κ2) is 5.27. The molecule has 0 radical (unpaired) electrons. The van der Waals surface area contributed by atoms with Gasteiger partial charge < -0.3 is 10.4 Å². The van der Waals surface area contributed by atoms with Crippen LogP contribution in [0.4, 0.5) is 0 Å². The van der Waals surface area contributed by atoms with Crippen molar-refractivity contribution >= 4 is 0 Å². The van der Waals surface area contributed by atoms with Crippen LogP contribution in [-0.2, 0) is 0 Å². The summed E-state index contributed by atoms with van der Waals surface area (Å²) in [4.78, 5) is 0. The van der Waals surface area contributed by atoms with Gasteiger partial charge >= 0.3 is 0 Å². The van der Waals surface area contributed by atoms with Crippen LogP contribution in [0.15, 0.2) is 0 Å². The predicted molar refractivity (Wildman–Crippen MR) is 72.0 cm³/mol. The van der Waals surface area contributed by atoms with Gasteiger partial charge in [0.25, 0.3) is 0 Å². The fraction of sp³-hybridized carbons (Fsp3) is 1.00. The Morgan fingerprint density at radius 1 is 1.29 bits per heavy atom. The van der Waals surface area contributed by atoms with Crippen LogP contribution in [0, 0.1) is 11.8 Å². The monoisotopic (exact) mass is 239 g/mol. The minimum absolute atomic E-state index is 0.494. The molecular weight excluding hydrogens is 210 g/mol. The fourth-order valence-electron chi connectivity index (χ4n) is 3.74.